The zero-order chi connectivity index (χ0) is 14.9. The zero-order valence-electron chi connectivity index (χ0n) is 12.9. The maximum atomic E-state index is 5.82. The predicted octanol–water partition coefficient (Wildman–Crippen LogP) is 2.30. The summed E-state index contributed by atoms with van der Waals surface area (Å²) in [6, 6.07) is 0. The van der Waals surface area contributed by atoms with Crippen LogP contribution in [0.3, 0.4) is 0 Å². The van der Waals surface area contributed by atoms with Crippen LogP contribution in [0.2, 0.25) is 0 Å². The number of aromatic nitrogens is 2. The Hall–Kier alpha value is -0.980. The lowest BCUT2D eigenvalue weighted by Crippen LogP contribution is -2.35. The van der Waals surface area contributed by atoms with E-state index in [9.17, 15) is 0 Å². The van der Waals surface area contributed by atoms with E-state index in [1.165, 1.54) is 6.42 Å². The maximum Gasteiger partial charge on any atom is 0.255 e. The lowest BCUT2D eigenvalue weighted by atomic mass is 9.78. The number of methoxy groups -OCH3 is 1. The van der Waals surface area contributed by atoms with Crippen LogP contribution in [0, 0.1) is 5.92 Å². The van der Waals surface area contributed by atoms with Crippen LogP contribution < -0.4 is 5.73 Å². The minimum atomic E-state index is -0.398. The first-order valence-electron chi connectivity index (χ1n) is 7.91. The fourth-order valence-corrected chi connectivity index (χ4v) is 3.59. The van der Waals surface area contributed by atoms with Gasteiger partial charge in [-0.3, -0.25) is 0 Å². The Bertz CT molecular complexity index is 478. The third-order valence-electron chi connectivity index (χ3n) is 4.84. The first-order valence-corrected chi connectivity index (χ1v) is 7.91. The van der Waals surface area contributed by atoms with Crippen molar-refractivity contribution in [1.29, 1.82) is 0 Å². The van der Waals surface area contributed by atoms with Crippen LogP contribution in [0.5, 0.6) is 0 Å². The molecule has 4 unspecified atom stereocenters. The van der Waals surface area contributed by atoms with E-state index in [2.05, 4.69) is 17.1 Å². The average molecular weight is 295 g/mol. The summed E-state index contributed by atoms with van der Waals surface area (Å²) in [6.45, 7) is 2.79. The van der Waals surface area contributed by atoms with Crippen LogP contribution in [0.4, 0.5) is 0 Å². The highest BCUT2D eigenvalue weighted by molar-refractivity contribution is 5.05. The van der Waals surface area contributed by atoms with Gasteiger partial charge in [0.2, 0.25) is 5.82 Å². The molecule has 2 aliphatic rings. The molecule has 2 fully saturated rings. The first-order chi connectivity index (χ1) is 10.2. The van der Waals surface area contributed by atoms with E-state index in [-0.39, 0.29) is 12.2 Å². The van der Waals surface area contributed by atoms with Crippen molar-refractivity contribution >= 4 is 0 Å². The van der Waals surface area contributed by atoms with Crippen LogP contribution in [-0.4, -0.2) is 29.9 Å². The van der Waals surface area contributed by atoms with Crippen molar-refractivity contribution in [2.75, 3.05) is 13.7 Å². The lowest BCUT2D eigenvalue weighted by molar-refractivity contribution is -0.0658. The molecule has 118 valence electrons. The van der Waals surface area contributed by atoms with Crippen molar-refractivity contribution in [1.82, 2.24) is 10.1 Å². The molecule has 0 aromatic carbocycles. The van der Waals surface area contributed by atoms with E-state index in [0.29, 0.717) is 24.2 Å². The van der Waals surface area contributed by atoms with Gasteiger partial charge in [-0.1, -0.05) is 18.5 Å². The number of rotatable bonds is 4. The summed E-state index contributed by atoms with van der Waals surface area (Å²) in [5.41, 5.74) is 5.24. The van der Waals surface area contributed by atoms with E-state index in [1.807, 2.05) is 0 Å². The summed E-state index contributed by atoms with van der Waals surface area (Å²) in [5, 5.41) is 4.19. The first kappa shape index (κ1) is 14.9. The highest BCUT2D eigenvalue weighted by Crippen LogP contribution is 2.42. The molecular weight excluding hydrogens is 270 g/mol. The molecule has 2 heterocycles. The molecule has 1 aromatic rings. The Morgan fingerprint density at radius 2 is 2.24 bits per heavy atom. The van der Waals surface area contributed by atoms with Crippen molar-refractivity contribution in [2.45, 2.75) is 63.3 Å². The van der Waals surface area contributed by atoms with Gasteiger partial charge >= 0.3 is 0 Å². The van der Waals surface area contributed by atoms with Crippen LogP contribution in [0.15, 0.2) is 4.52 Å². The molecule has 0 bridgehead atoms. The van der Waals surface area contributed by atoms with Crippen molar-refractivity contribution in [3.05, 3.63) is 11.7 Å². The Labute approximate surface area is 125 Å². The normalized spacial score (nSPS) is 37.0. The lowest BCUT2D eigenvalue weighted by Gasteiger charge is -2.36. The van der Waals surface area contributed by atoms with Gasteiger partial charge in [-0.25, -0.2) is 0 Å². The Morgan fingerprint density at radius 1 is 1.38 bits per heavy atom. The van der Waals surface area contributed by atoms with Crippen LogP contribution >= 0.6 is 0 Å². The summed E-state index contributed by atoms with van der Waals surface area (Å²) >= 11 is 0. The molecule has 1 saturated heterocycles. The predicted molar refractivity (Wildman–Crippen MR) is 76.5 cm³/mol. The van der Waals surface area contributed by atoms with Gasteiger partial charge in [0.25, 0.3) is 5.89 Å². The quantitative estimate of drug-likeness (QED) is 0.917. The van der Waals surface area contributed by atoms with Crippen molar-refractivity contribution in [3.8, 4) is 0 Å². The molecule has 21 heavy (non-hydrogen) atoms. The molecule has 4 atom stereocenters. The van der Waals surface area contributed by atoms with Crippen molar-refractivity contribution < 1.29 is 14.0 Å². The Kier molecular flexibility index (Phi) is 4.28. The maximum absolute atomic E-state index is 5.82. The minimum absolute atomic E-state index is 0.108. The summed E-state index contributed by atoms with van der Waals surface area (Å²) in [4.78, 5) is 4.59. The minimum Gasteiger partial charge on any atom is -0.370 e. The summed E-state index contributed by atoms with van der Waals surface area (Å²) < 4.78 is 17.1. The van der Waals surface area contributed by atoms with Gasteiger partial charge in [-0.2, -0.15) is 4.98 Å². The fourth-order valence-electron chi connectivity index (χ4n) is 3.59. The van der Waals surface area contributed by atoms with Crippen LogP contribution in [0.1, 0.15) is 63.3 Å². The topological polar surface area (TPSA) is 83.4 Å². The molecule has 0 spiro atoms. The number of hydrogen-bond acceptors (Lipinski definition) is 6. The second-order valence-corrected chi connectivity index (χ2v) is 6.42. The molecule has 6 heteroatoms. The highest BCUT2D eigenvalue weighted by atomic mass is 16.5. The summed E-state index contributed by atoms with van der Waals surface area (Å²) in [7, 11) is 1.74. The van der Waals surface area contributed by atoms with Gasteiger partial charge in [0.15, 0.2) is 0 Å². The molecule has 0 amide bonds. The van der Waals surface area contributed by atoms with Crippen molar-refractivity contribution in [2.24, 2.45) is 11.7 Å². The fraction of sp³-hybridized carbons (Fsp3) is 0.867. The summed E-state index contributed by atoms with van der Waals surface area (Å²) in [5.74, 6) is 1.85. The van der Waals surface area contributed by atoms with E-state index >= 15 is 0 Å². The molecule has 1 aliphatic carbocycles. The van der Waals surface area contributed by atoms with Crippen LogP contribution in [0.25, 0.3) is 0 Å². The largest absolute Gasteiger partial charge is 0.370 e. The molecule has 1 aliphatic heterocycles. The molecule has 3 rings (SSSR count). The second kappa shape index (κ2) is 6.02. The molecule has 0 radical (unpaired) electrons. The molecule has 1 aromatic heterocycles. The second-order valence-electron chi connectivity index (χ2n) is 6.42. The third-order valence-corrected chi connectivity index (χ3v) is 4.84. The summed E-state index contributed by atoms with van der Waals surface area (Å²) in [6.07, 6.45) is 6.09. The van der Waals surface area contributed by atoms with Gasteiger partial charge in [-0.05, 0) is 38.0 Å². The van der Waals surface area contributed by atoms with E-state index < -0.39 is 5.60 Å². The molecule has 2 N–H and O–H groups in total. The SMILES string of the molecule is COC1(c2noc(C3CCC(CN)O3)n2)CCCC(C)C1. The zero-order valence-corrected chi connectivity index (χ0v) is 12.9. The highest BCUT2D eigenvalue weighted by Gasteiger charge is 2.42. The third kappa shape index (κ3) is 2.84. The Balaban J connectivity index is 1.77. The molecule has 6 nitrogen and oxygen atoms in total. The standard InChI is InChI=1S/C15H25N3O3/c1-10-4-3-7-15(8-10,19-2)14-17-13(21-18-14)12-6-5-11(9-16)20-12/h10-12H,3-9,16H2,1-2H3. The van der Waals surface area contributed by atoms with Gasteiger partial charge in [0.1, 0.15) is 11.7 Å². The smallest absolute Gasteiger partial charge is 0.255 e. The number of nitrogens with zero attached hydrogens (tertiary/aromatic N) is 2. The average Bonchev–Trinajstić information content (AvgIpc) is 3.16. The Morgan fingerprint density at radius 3 is 2.90 bits per heavy atom. The van der Waals surface area contributed by atoms with E-state index in [1.54, 1.807) is 7.11 Å². The number of nitrogens with two attached hydrogens (primary N) is 1. The van der Waals surface area contributed by atoms with E-state index in [0.717, 1.165) is 32.1 Å². The van der Waals surface area contributed by atoms with Gasteiger partial charge in [-0.15, -0.1) is 0 Å². The molecule has 1 saturated carbocycles. The molecular formula is C15H25N3O3. The van der Waals surface area contributed by atoms with E-state index in [4.69, 9.17) is 19.7 Å². The van der Waals surface area contributed by atoms with Gasteiger partial charge in [0.05, 0.1) is 6.10 Å². The van der Waals surface area contributed by atoms with Gasteiger partial charge < -0.3 is 19.7 Å². The number of ether oxygens (including phenoxy) is 2. The van der Waals surface area contributed by atoms with Crippen molar-refractivity contribution in [3.63, 3.8) is 0 Å². The van der Waals surface area contributed by atoms with Gasteiger partial charge in [0, 0.05) is 13.7 Å². The van der Waals surface area contributed by atoms with Crippen LogP contribution in [-0.2, 0) is 15.1 Å². The number of hydrogen-bond donors (Lipinski definition) is 1. The monoisotopic (exact) mass is 295 g/mol.